The van der Waals surface area contributed by atoms with Crippen LogP contribution in [0.1, 0.15) is 0 Å². The maximum atomic E-state index is 4.66. The van der Waals surface area contributed by atoms with E-state index in [1.807, 2.05) is 0 Å². The van der Waals surface area contributed by atoms with Gasteiger partial charge in [0.15, 0.2) is 0 Å². The summed E-state index contributed by atoms with van der Waals surface area (Å²) in [6, 6.07) is 0. The molecule has 0 atom stereocenters. The standard InChI is InChI=1S/2CH3O.2ClH.Hf/c2*1-2;;;/h2*1H3;2*1H;/q2*-1;;;+2. The van der Waals surface area contributed by atoms with Crippen molar-refractivity contribution in [3.63, 3.8) is 0 Å². The second-order valence-corrected chi connectivity index (χ2v) is 4.02. The second kappa shape index (κ2) is 15.7. The van der Waals surface area contributed by atoms with Gasteiger partial charge in [-0.1, -0.05) is 0 Å². The topological polar surface area (TPSA) is 18.5 Å². The fourth-order valence-electron chi connectivity index (χ4n) is 0.0833. The molecule has 7 heavy (non-hydrogen) atoms. The van der Waals surface area contributed by atoms with Crippen molar-refractivity contribution < 1.29 is 29.5 Å². The summed E-state index contributed by atoms with van der Waals surface area (Å²) >= 11 is -0.951. The molecule has 2 nitrogen and oxygen atoms in total. The van der Waals surface area contributed by atoms with Gasteiger partial charge in [0.1, 0.15) is 0 Å². The number of halogens is 2. The fraction of sp³-hybridized carbons (Fsp3) is 1.00. The predicted molar refractivity (Wildman–Crippen MR) is 28.5 cm³/mol. The summed E-state index contributed by atoms with van der Waals surface area (Å²) in [5.74, 6) is 0. The normalized spacial score (nSPS) is 5.43. The van der Waals surface area contributed by atoms with Crippen LogP contribution in [0, 0.1) is 0 Å². The zero-order valence-electron chi connectivity index (χ0n) is 4.13. The Bertz CT molecular complexity index is 21.2. The molecule has 5 heteroatoms. The van der Waals surface area contributed by atoms with Gasteiger partial charge in [0.25, 0.3) is 0 Å². The van der Waals surface area contributed by atoms with Crippen molar-refractivity contribution in [1.82, 2.24) is 0 Å². The van der Waals surface area contributed by atoms with Crippen molar-refractivity contribution >= 4 is 24.8 Å². The second-order valence-electron chi connectivity index (χ2n) is 0.492. The average Bonchev–Trinajstić information content (AvgIpc) is 1.41. The summed E-state index contributed by atoms with van der Waals surface area (Å²) in [6.07, 6.45) is 0. The fourth-order valence-corrected chi connectivity index (χ4v) is 0.682. The van der Waals surface area contributed by atoms with E-state index < -0.39 is 23.8 Å². The van der Waals surface area contributed by atoms with Crippen LogP contribution in [0.2, 0.25) is 0 Å². The predicted octanol–water partition coefficient (Wildman–Crippen LogP) is 1.04. The largest absolute Gasteiger partial charge is 0.147 e. The first kappa shape index (κ1) is 15.8. The van der Waals surface area contributed by atoms with E-state index in [1.54, 1.807) is 14.2 Å². The van der Waals surface area contributed by atoms with Crippen molar-refractivity contribution in [2.75, 3.05) is 14.2 Å². The summed E-state index contributed by atoms with van der Waals surface area (Å²) in [6.45, 7) is 0. The zero-order valence-corrected chi connectivity index (χ0v) is 9.36. The minimum Gasteiger partial charge on any atom is -0.147 e. The van der Waals surface area contributed by atoms with E-state index >= 15 is 0 Å². The summed E-state index contributed by atoms with van der Waals surface area (Å²) < 4.78 is 9.33. The van der Waals surface area contributed by atoms with E-state index in [-0.39, 0.29) is 24.8 Å². The molecule has 0 rings (SSSR count). The monoisotopic (exact) mass is 314 g/mol. The van der Waals surface area contributed by atoms with Crippen LogP contribution >= 0.6 is 24.8 Å². The molecular weight excluding hydrogens is 305 g/mol. The molecule has 0 bridgehead atoms. The minimum atomic E-state index is -0.951. The summed E-state index contributed by atoms with van der Waals surface area (Å²) in [5, 5.41) is 0. The molecule has 0 spiro atoms. The van der Waals surface area contributed by atoms with Crippen LogP contribution in [0.15, 0.2) is 0 Å². The molecule has 0 unspecified atom stereocenters. The van der Waals surface area contributed by atoms with E-state index in [9.17, 15) is 0 Å². The van der Waals surface area contributed by atoms with Gasteiger partial charge < -0.3 is 0 Å². The minimum absolute atomic E-state index is 0. The van der Waals surface area contributed by atoms with Crippen LogP contribution < -0.4 is 0 Å². The first-order chi connectivity index (χ1) is 2.41. The Morgan fingerprint density at radius 1 is 1.00 bits per heavy atom. The van der Waals surface area contributed by atoms with Gasteiger partial charge in [-0.05, 0) is 0 Å². The molecule has 0 N–H and O–H groups in total. The van der Waals surface area contributed by atoms with Crippen LogP contribution in [0.4, 0.5) is 0 Å². The Hall–Kier alpha value is 1.37. The first-order valence-electron chi connectivity index (χ1n) is 1.22. The van der Waals surface area contributed by atoms with Crippen molar-refractivity contribution in [3.05, 3.63) is 0 Å². The molecule has 0 aromatic heterocycles. The SMILES string of the molecule is C[O][Hf][O]C.Cl.Cl. The van der Waals surface area contributed by atoms with Gasteiger partial charge in [0.2, 0.25) is 0 Å². The van der Waals surface area contributed by atoms with E-state index in [1.165, 1.54) is 0 Å². The smallest absolute Gasteiger partial charge is 0.147 e. The van der Waals surface area contributed by atoms with Crippen LogP contribution in [-0.2, 0) is 29.5 Å². The van der Waals surface area contributed by atoms with Crippen molar-refractivity contribution in [3.8, 4) is 0 Å². The van der Waals surface area contributed by atoms with Gasteiger partial charge in [0.05, 0.1) is 0 Å². The summed E-state index contributed by atoms with van der Waals surface area (Å²) in [7, 11) is 3.35. The molecule has 0 saturated carbocycles. The van der Waals surface area contributed by atoms with Crippen molar-refractivity contribution in [2.24, 2.45) is 0 Å². The molecule has 0 aliphatic carbocycles. The third-order valence-electron chi connectivity index (χ3n) is 0.167. The van der Waals surface area contributed by atoms with E-state index in [0.29, 0.717) is 0 Å². The third kappa shape index (κ3) is 18.7. The molecule has 0 heterocycles. The van der Waals surface area contributed by atoms with Gasteiger partial charge in [-0.3, -0.25) is 0 Å². The molecule has 0 aromatic carbocycles. The Morgan fingerprint density at radius 3 is 1.29 bits per heavy atom. The van der Waals surface area contributed by atoms with Gasteiger partial charge >= 0.3 is 43.7 Å². The van der Waals surface area contributed by atoms with Gasteiger partial charge in [-0.2, -0.15) is 0 Å². The molecular formula is C2H8Cl2HfO2. The maximum Gasteiger partial charge on any atom is -0.147 e. The molecule has 0 amide bonds. The molecule has 46 valence electrons. The van der Waals surface area contributed by atoms with Crippen molar-refractivity contribution in [2.45, 2.75) is 0 Å². The number of rotatable bonds is 2. The van der Waals surface area contributed by atoms with Crippen LogP contribution in [-0.4, -0.2) is 14.2 Å². The summed E-state index contributed by atoms with van der Waals surface area (Å²) in [5.41, 5.74) is 0. The average molecular weight is 313 g/mol. The van der Waals surface area contributed by atoms with Gasteiger partial charge in [-0.25, -0.2) is 0 Å². The molecule has 0 aliphatic heterocycles. The molecule has 0 saturated heterocycles. The van der Waals surface area contributed by atoms with Gasteiger partial charge in [-0.15, -0.1) is 24.8 Å². The Balaban J connectivity index is -0.0000000800. The first-order valence-corrected chi connectivity index (χ1v) is 4.16. The van der Waals surface area contributed by atoms with Crippen molar-refractivity contribution in [1.29, 1.82) is 0 Å². The van der Waals surface area contributed by atoms with Gasteiger partial charge in [0, 0.05) is 0 Å². The van der Waals surface area contributed by atoms with E-state index in [2.05, 4.69) is 5.71 Å². The number of hydrogen-bond donors (Lipinski definition) is 0. The van der Waals surface area contributed by atoms with E-state index in [0.717, 1.165) is 0 Å². The molecule has 0 aromatic rings. The van der Waals surface area contributed by atoms with Crippen LogP contribution in [0.5, 0.6) is 0 Å². The zero-order chi connectivity index (χ0) is 4.12. The van der Waals surface area contributed by atoms with Crippen LogP contribution in [0.25, 0.3) is 0 Å². The van der Waals surface area contributed by atoms with Crippen LogP contribution in [0.3, 0.4) is 0 Å². The molecule has 0 aliphatic rings. The third-order valence-corrected chi connectivity index (χ3v) is 1.36. The Morgan fingerprint density at radius 2 is 1.29 bits per heavy atom. The van der Waals surface area contributed by atoms with E-state index in [4.69, 9.17) is 0 Å². The quantitative estimate of drug-likeness (QED) is 0.709. The summed E-state index contributed by atoms with van der Waals surface area (Å²) in [4.78, 5) is 0. The molecule has 0 radical (unpaired) electrons. The molecule has 0 fully saturated rings. The maximum absolute atomic E-state index is 4.66. The Kier molecular flexibility index (Phi) is 35.3. The Labute approximate surface area is 68.3 Å². The number of hydrogen-bond acceptors (Lipinski definition) is 2.